The summed E-state index contributed by atoms with van der Waals surface area (Å²) in [5.74, 6) is -0.390. The molecule has 16 heteroatoms. The lowest BCUT2D eigenvalue weighted by Crippen LogP contribution is -2.42. The van der Waals surface area contributed by atoms with Crippen LogP contribution in [0.15, 0.2) is 107 Å². The number of aromatic nitrogens is 2. The van der Waals surface area contributed by atoms with Crippen LogP contribution in [0.25, 0.3) is 64.2 Å². The van der Waals surface area contributed by atoms with E-state index in [1.165, 1.54) is 45.3 Å². The molecule has 0 bridgehead atoms. The van der Waals surface area contributed by atoms with Crippen molar-refractivity contribution in [3.8, 4) is 43.8 Å². The minimum atomic E-state index is -0.527. The van der Waals surface area contributed by atoms with Crippen LogP contribution >= 0.6 is 45.3 Å². The number of carbonyl (C=O) groups excluding carboxylic acids is 2. The van der Waals surface area contributed by atoms with Gasteiger partial charge < -0.3 is 9.47 Å². The van der Waals surface area contributed by atoms with Crippen molar-refractivity contribution in [1.29, 1.82) is 21.0 Å². The Kier molecular flexibility index (Phi) is 10.5. The molecule has 0 spiro atoms. The number of ether oxygens (including phenoxy) is 2. The largest absolute Gasteiger partial charge is 0.444 e. The Morgan fingerprint density at radius 2 is 0.938 bits per heavy atom. The van der Waals surface area contributed by atoms with Crippen molar-refractivity contribution >= 4 is 124 Å². The van der Waals surface area contributed by atoms with Gasteiger partial charge in [0.25, 0.3) is 0 Å². The molecule has 2 atom stereocenters. The van der Waals surface area contributed by atoms with Gasteiger partial charge >= 0.3 is 12.2 Å². The highest BCUT2D eigenvalue weighted by Crippen LogP contribution is 2.41. The number of hydrogen-bond acceptors (Lipinski definition) is 14. The third-order valence-corrected chi connectivity index (χ3v) is 15.3. The van der Waals surface area contributed by atoms with Crippen LogP contribution in [0.5, 0.6) is 0 Å². The van der Waals surface area contributed by atoms with E-state index in [1.54, 1.807) is 45.5 Å². The van der Waals surface area contributed by atoms with Gasteiger partial charge in [0.1, 0.15) is 47.5 Å². The van der Waals surface area contributed by atoms with Gasteiger partial charge in [0.05, 0.1) is 31.1 Å². The second kappa shape index (κ2) is 16.7. The van der Waals surface area contributed by atoms with Gasteiger partial charge in [0, 0.05) is 41.8 Å². The van der Waals surface area contributed by atoms with Crippen molar-refractivity contribution in [3.63, 3.8) is 0 Å². The van der Waals surface area contributed by atoms with E-state index in [4.69, 9.17) is 9.47 Å². The second-order valence-electron chi connectivity index (χ2n) is 14.5. The van der Waals surface area contributed by atoms with Gasteiger partial charge in [0.15, 0.2) is 0 Å². The normalized spacial score (nSPS) is 14.3. The van der Waals surface area contributed by atoms with E-state index in [0.717, 1.165) is 50.5 Å². The summed E-state index contributed by atoms with van der Waals surface area (Å²) in [7, 11) is 0. The summed E-state index contributed by atoms with van der Waals surface area (Å²) in [5, 5.41) is 41.2. The Bertz CT molecular complexity index is 3460. The van der Waals surface area contributed by atoms with E-state index < -0.39 is 12.2 Å². The van der Waals surface area contributed by atoms with E-state index in [-0.39, 0.29) is 36.5 Å². The zero-order valence-corrected chi connectivity index (χ0v) is 36.2. The molecule has 0 aliphatic heterocycles. The zero-order valence-electron chi connectivity index (χ0n) is 33.0. The van der Waals surface area contributed by atoms with E-state index >= 15 is 0 Å². The van der Waals surface area contributed by atoms with Crippen molar-refractivity contribution < 1.29 is 19.1 Å². The van der Waals surface area contributed by atoms with Crippen molar-refractivity contribution in [2.24, 2.45) is 21.8 Å². The van der Waals surface area contributed by atoms with Crippen molar-refractivity contribution in [3.05, 3.63) is 129 Å². The van der Waals surface area contributed by atoms with Crippen LogP contribution in [0.1, 0.15) is 11.1 Å². The van der Waals surface area contributed by atoms with Crippen molar-refractivity contribution in [1.82, 2.24) is 9.13 Å². The number of nitrogens with zero attached hydrogens (tertiary/aromatic N) is 8. The minimum Gasteiger partial charge on any atom is -0.444 e. The van der Waals surface area contributed by atoms with Crippen LogP contribution in [0, 0.1) is 57.2 Å². The molecule has 0 fully saturated rings. The molecule has 2 aliphatic rings. The summed E-state index contributed by atoms with van der Waals surface area (Å²) in [6.07, 6.45) is 7.43. The number of fused-ring (bicyclic) bond motifs is 7. The molecular weight excluding hydrogens is 881 g/mol. The summed E-state index contributed by atoms with van der Waals surface area (Å²) in [6.45, 7) is 0.165. The van der Waals surface area contributed by atoms with Crippen LogP contribution in [-0.2, 0) is 22.7 Å². The summed E-state index contributed by atoms with van der Waals surface area (Å²) in [5.41, 5.74) is 2.59. The SMILES string of the molecule is N#CC(C#N)=Nc1ccc(-c2cc3c(s2)c2c(n3C(=O)OCc3ccccc3)=CC3C=c4c(n(C(=O)OCc5ccccc5)c5cc(-c6ccc(N=C(C#N)C#N)s6)sc45)=CC3C=2)s1. The lowest BCUT2D eigenvalue weighted by molar-refractivity contribution is 0.141. The van der Waals surface area contributed by atoms with Crippen molar-refractivity contribution in [2.45, 2.75) is 13.2 Å². The molecule has 8 aromatic rings. The van der Waals surface area contributed by atoms with E-state index in [1.807, 2.05) is 84.9 Å². The number of hydrogen-bond donors (Lipinski definition) is 0. The predicted molar refractivity (Wildman–Crippen MR) is 250 cm³/mol. The molecule has 2 aromatic carbocycles. The Hall–Kier alpha value is -7.96. The van der Waals surface area contributed by atoms with E-state index in [0.29, 0.717) is 31.7 Å². The molecule has 0 N–H and O–H groups in total. The first-order valence-electron chi connectivity index (χ1n) is 19.5. The summed E-state index contributed by atoms with van der Waals surface area (Å²) < 4.78 is 16.9. The van der Waals surface area contributed by atoms with Crippen LogP contribution in [0.4, 0.5) is 19.6 Å². The molecule has 64 heavy (non-hydrogen) atoms. The molecule has 2 aliphatic carbocycles. The lowest BCUT2D eigenvalue weighted by Gasteiger charge is -2.21. The Balaban J connectivity index is 1.11. The van der Waals surface area contributed by atoms with E-state index in [9.17, 15) is 30.6 Å². The van der Waals surface area contributed by atoms with Crippen LogP contribution in [-0.4, -0.2) is 32.7 Å². The maximum atomic E-state index is 14.2. The molecular formula is C48H26N8O4S4. The van der Waals surface area contributed by atoms with Gasteiger partial charge in [-0.05, 0) is 47.5 Å². The lowest BCUT2D eigenvalue weighted by atomic mass is 9.84. The Morgan fingerprint density at radius 1 is 0.531 bits per heavy atom. The molecule has 306 valence electrons. The van der Waals surface area contributed by atoms with Crippen LogP contribution in [0.2, 0.25) is 0 Å². The fourth-order valence-corrected chi connectivity index (χ4v) is 12.1. The first-order valence-corrected chi connectivity index (χ1v) is 22.7. The summed E-state index contributed by atoms with van der Waals surface area (Å²) >= 11 is 5.72. The topological polar surface area (TPSA) is 182 Å². The number of nitriles is 4. The number of thiophene rings is 4. The van der Waals surface area contributed by atoms with Gasteiger partial charge in [0.2, 0.25) is 11.4 Å². The van der Waals surface area contributed by atoms with Crippen LogP contribution in [0.3, 0.4) is 0 Å². The number of aliphatic imine (C=N–C) groups is 2. The predicted octanol–water partition coefficient (Wildman–Crippen LogP) is 8.87. The van der Waals surface area contributed by atoms with Gasteiger partial charge in [-0.15, -0.1) is 45.3 Å². The molecule has 6 heterocycles. The highest BCUT2D eigenvalue weighted by Gasteiger charge is 2.29. The quantitative estimate of drug-likeness (QED) is 0.136. The number of carbonyl (C=O) groups is 2. The third kappa shape index (κ3) is 7.33. The first kappa shape index (κ1) is 40.1. The van der Waals surface area contributed by atoms with E-state index in [2.05, 4.69) is 34.3 Å². The molecule has 0 amide bonds. The number of rotatable bonds is 8. The Labute approximate surface area is 378 Å². The fourth-order valence-electron chi connectivity index (χ4n) is 7.77. The van der Waals surface area contributed by atoms with Gasteiger partial charge in [-0.3, -0.25) is 0 Å². The molecule has 10 rings (SSSR count). The molecule has 0 radical (unpaired) electrons. The van der Waals surface area contributed by atoms with Gasteiger partial charge in [-0.2, -0.15) is 21.0 Å². The molecule has 2 unspecified atom stereocenters. The maximum Gasteiger partial charge on any atom is 0.419 e. The minimum absolute atomic E-state index is 0.0824. The summed E-state index contributed by atoms with van der Waals surface area (Å²) in [6, 6.07) is 37.4. The first-order chi connectivity index (χ1) is 31.3. The zero-order chi connectivity index (χ0) is 43.9. The molecule has 6 aromatic heterocycles. The summed E-state index contributed by atoms with van der Waals surface area (Å²) in [4.78, 5) is 40.3. The second-order valence-corrected chi connectivity index (χ2v) is 18.7. The third-order valence-electron chi connectivity index (χ3n) is 10.6. The smallest absolute Gasteiger partial charge is 0.419 e. The molecule has 0 saturated heterocycles. The van der Waals surface area contributed by atoms with Gasteiger partial charge in [-0.25, -0.2) is 28.7 Å². The highest BCUT2D eigenvalue weighted by molar-refractivity contribution is 7.27. The average molecular weight is 907 g/mol. The number of benzene rings is 2. The van der Waals surface area contributed by atoms with Crippen LogP contribution < -0.4 is 21.1 Å². The van der Waals surface area contributed by atoms with Gasteiger partial charge in [-0.1, -0.05) is 85.0 Å². The average Bonchev–Trinajstić information content (AvgIpc) is 4.19. The fraction of sp³-hybridized carbons (Fsp3) is 0.0833. The van der Waals surface area contributed by atoms with Crippen molar-refractivity contribution in [2.75, 3.05) is 0 Å². The molecule has 12 nitrogen and oxygen atoms in total. The maximum absolute atomic E-state index is 14.2. The Morgan fingerprint density at radius 3 is 1.33 bits per heavy atom. The standard InChI is InChI=1S/C48H26N8O4S4/c49-21-31(22-50)53-43-13-11-39(61-43)41-19-37-45(63-41)33-15-30-18-36-34(16-29(30)17-35(33)55(37)47(57)59-25-27-7-3-1-4-8-27)46-38(56(36)48(58)60-26-28-9-5-2-6-10-28)20-42(64-46)40-12-14-44(62-40)54-32(23-51)24-52/h1-20,29-30H,25-26H2. The highest BCUT2D eigenvalue weighted by atomic mass is 32.1. The molecule has 0 saturated carbocycles. The monoisotopic (exact) mass is 906 g/mol.